The Morgan fingerprint density at radius 1 is 0.941 bits per heavy atom. The van der Waals surface area contributed by atoms with E-state index in [0.29, 0.717) is 10.8 Å². The number of hydrogen-bond acceptors (Lipinski definition) is 0. The Kier molecular flexibility index (Phi) is 3.38. The predicted octanol–water partition coefficient (Wildman–Crippen LogP) is 5.52. The SMILES string of the molecule is CC1CC2CC(C)(C(C)C)CC(C(C)C)(C1)C2. The first kappa shape index (κ1) is 13.4. The fourth-order valence-electron chi connectivity index (χ4n) is 5.04. The van der Waals surface area contributed by atoms with Crippen LogP contribution in [0.25, 0.3) is 0 Å². The van der Waals surface area contributed by atoms with Gasteiger partial charge in [-0.25, -0.2) is 0 Å². The highest BCUT2D eigenvalue weighted by atomic mass is 14.6. The second-order valence-corrected chi connectivity index (χ2v) is 8.32. The molecule has 2 saturated carbocycles. The first-order valence-electron chi connectivity index (χ1n) is 7.77. The van der Waals surface area contributed by atoms with Crippen LogP contribution in [0.15, 0.2) is 0 Å². The molecule has 100 valence electrons. The van der Waals surface area contributed by atoms with Crippen molar-refractivity contribution < 1.29 is 0 Å². The zero-order valence-electron chi connectivity index (χ0n) is 12.8. The summed E-state index contributed by atoms with van der Waals surface area (Å²) in [5.74, 6) is 3.69. The van der Waals surface area contributed by atoms with Crippen LogP contribution in [0.1, 0.15) is 73.6 Å². The molecule has 0 aromatic carbocycles. The second-order valence-electron chi connectivity index (χ2n) is 8.32. The third kappa shape index (κ3) is 2.29. The molecule has 0 heterocycles. The Morgan fingerprint density at radius 2 is 1.59 bits per heavy atom. The van der Waals surface area contributed by atoms with Gasteiger partial charge in [-0.3, -0.25) is 0 Å². The van der Waals surface area contributed by atoms with Crippen molar-refractivity contribution in [3.8, 4) is 0 Å². The van der Waals surface area contributed by atoms with Crippen molar-refractivity contribution in [3.63, 3.8) is 0 Å². The van der Waals surface area contributed by atoms with Gasteiger partial charge < -0.3 is 0 Å². The molecule has 0 spiro atoms. The molecular formula is C17H32. The molecule has 0 aliphatic heterocycles. The molecule has 0 aromatic rings. The molecule has 2 rings (SSSR count). The van der Waals surface area contributed by atoms with E-state index in [1.807, 2.05) is 0 Å². The summed E-state index contributed by atoms with van der Waals surface area (Å²) in [6.45, 7) is 14.9. The van der Waals surface area contributed by atoms with Gasteiger partial charge in [-0.15, -0.1) is 0 Å². The van der Waals surface area contributed by atoms with Crippen LogP contribution in [-0.2, 0) is 0 Å². The van der Waals surface area contributed by atoms with E-state index < -0.39 is 0 Å². The maximum atomic E-state index is 2.57. The van der Waals surface area contributed by atoms with Crippen molar-refractivity contribution in [2.75, 3.05) is 0 Å². The molecule has 4 atom stereocenters. The van der Waals surface area contributed by atoms with Crippen molar-refractivity contribution in [3.05, 3.63) is 0 Å². The fraction of sp³-hybridized carbons (Fsp3) is 1.00. The van der Waals surface area contributed by atoms with Gasteiger partial charge in [0.1, 0.15) is 0 Å². The van der Waals surface area contributed by atoms with E-state index in [0.717, 1.165) is 23.7 Å². The Bertz CT molecular complexity index is 272. The largest absolute Gasteiger partial charge is 0.0625 e. The maximum Gasteiger partial charge on any atom is -0.0264 e. The van der Waals surface area contributed by atoms with Gasteiger partial charge in [-0.05, 0) is 66.6 Å². The average molecular weight is 236 g/mol. The van der Waals surface area contributed by atoms with Gasteiger partial charge in [0.15, 0.2) is 0 Å². The van der Waals surface area contributed by atoms with Crippen LogP contribution in [0.3, 0.4) is 0 Å². The van der Waals surface area contributed by atoms with Gasteiger partial charge in [0.2, 0.25) is 0 Å². The van der Waals surface area contributed by atoms with Crippen LogP contribution >= 0.6 is 0 Å². The Labute approximate surface area is 109 Å². The lowest BCUT2D eigenvalue weighted by Gasteiger charge is -2.58. The molecule has 0 amide bonds. The second kappa shape index (κ2) is 4.28. The topological polar surface area (TPSA) is 0 Å². The van der Waals surface area contributed by atoms with E-state index in [2.05, 4.69) is 41.5 Å². The minimum absolute atomic E-state index is 0.604. The molecular weight excluding hydrogens is 204 g/mol. The van der Waals surface area contributed by atoms with E-state index in [4.69, 9.17) is 0 Å². The average Bonchev–Trinajstić information content (AvgIpc) is 2.14. The molecule has 0 saturated heterocycles. The van der Waals surface area contributed by atoms with Crippen LogP contribution in [0, 0.1) is 34.5 Å². The van der Waals surface area contributed by atoms with Crippen molar-refractivity contribution in [1.29, 1.82) is 0 Å². The monoisotopic (exact) mass is 236 g/mol. The first-order valence-corrected chi connectivity index (χ1v) is 7.77. The van der Waals surface area contributed by atoms with E-state index in [9.17, 15) is 0 Å². The Hall–Kier alpha value is 0. The van der Waals surface area contributed by atoms with E-state index in [1.54, 1.807) is 0 Å². The highest BCUT2D eigenvalue weighted by molar-refractivity contribution is 5.01. The Morgan fingerprint density at radius 3 is 2.12 bits per heavy atom. The smallest absolute Gasteiger partial charge is 0.0264 e. The van der Waals surface area contributed by atoms with E-state index in [1.165, 1.54) is 32.1 Å². The lowest BCUT2D eigenvalue weighted by atomic mass is 9.47. The molecule has 2 bridgehead atoms. The maximum absolute atomic E-state index is 2.57. The van der Waals surface area contributed by atoms with E-state index in [-0.39, 0.29) is 0 Å². The molecule has 0 aromatic heterocycles. The summed E-state index contributed by atoms with van der Waals surface area (Å²) in [6.07, 6.45) is 7.48. The summed E-state index contributed by atoms with van der Waals surface area (Å²) in [4.78, 5) is 0. The lowest BCUT2D eigenvalue weighted by Crippen LogP contribution is -2.48. The lowest BCUT2D eigenvalue weighted by molar-refractivity contribution is -0.0750. The Balaban J connectivity index is 2.28. The molecule has 2 aliphatic carbocycles. The third-order valence-corrected chi connectivity index (χ3v) is 6.32. The standard InChI is InChI=1S/C17H32/c1-12(2)16(6)9-15-7-14(5)8-17(10-15,11-16)13(3)4/h12-15H,7-11H2,1-6H3. The molecule has 2 fully saturated rings. The summed E-state index contributed by atoms with van der Waals surface area (Å²) in [7, 11) is 0. The summed E-state index contributed by atoms with van der Waals surface area (Å²) in [5, 5.41) is 0. The highest BCUT2D eigenvalue weighted by Crippen LogP contribution is 2.61. The van der Waals surface area contributed by atoms with Crippen molar-refractivity contribution >= 4 is 0 Å². The predicted molar refractivity (Wildman–Crippen MR) is 76.0 cm³/mol. The molecule has 0 nitrogen and oxygen atoms in total. The molecule has 4 unspecified atom stereocenters. The van der Waals surface area contributed by atoms with Gasteiger partial charge in [-0.2, -0.15) is 0 Å². The third-order valence-electron chi connectivity index (χ3n) is 6.32. The number of hydrogen-bond donors (Lipinski definition) is 0. The molecule has 0 N–H and O–H groups in total. The van der Waals surface area contributed by atoms with Gasteiger partial charge in [-0.1, -0.05) is 41.5 Å². The van der Waals surface area contributed by atoms with Crippen LogP contribution in [-0.4, -0.2) is 0 Å². The minimum Gasteiger partial charge on any atom is -0.0625 e. The summed E-state index contributed by atoms with van der Waals surface area (Å²) in [6, 6.07) is 0. The van der Waals surface area contributed by atoms with Crippen LogP contribution in [0.2, 0.25) is 0 Å². The van der Waals surface area contributed by atoms with Crippen molar-refractivity contribution in [2.24, 2.45) is 34.5 Å². The zero-order chi connectivity index (χ0) is 12.8. The van der Waals surface area contributed by atoms with Crippen molar-refractivity contribution in [2.45, 2.75) is 73.6 Å². The molecule has 0 radical (unpaired) electrons. The van der Waals surface area contributed by atoms with Gasteiger partial charge in [0.25, 0.3) is 0 Å². The van der Waals surface area contributed by atoms with E-state index >= 15 is 0 Å². The van der Waals surface area contributed by atoms with Crippen LogP contribution in [0.5, 0.6) is 0 Å². The molecule has 2 aliphatic rings. The van der Waals surface area contributed by atoms with Gasteiger partial charge in [0, 0.05) is 0 Å². The highest BCUT2D eigenvalue weighted by Gasteiger charge is 2.51. The number of fused-ring (bicyclic) bond motifs is 2. The summed E-state index contributed by atoms with van der Waals surface area (Å²) < 4.78 is 0. The van der Waals surface area contributed by atoms with Gasteiger partial charge >= 0.3 is 0 Å². The normalized spacial score (nSPS) is 46.6. The van der Waals surface area contributed by atoms with Crippen molar-refractivity contribution in [1.82, 2.24) is 0 Å². The minimum atomic E-state index is 0.604. The number of rotatable bonds is 2. The van der Waals surface area contributed by atoms with Crippen LogP contribution in [0.4, 0.5) is 0 Å². The summed E-state index contributed by atoms with van der Waals surface area (Å²) >= 11 is 0. The fourth-order valence-corrected chi connectivity index (χ4v) is 5.04. The zero-order valence-corrected chi connectivity index (χ0v) is 12.8. The quantitative estimate of drug-likeness (QED) is 0.592. The van der Waals surface area contributed by atoms with Crippen LogP contribution < -0.4 is 0 Å². The summed E-state index contributed by atoms with van der Waals surface area (Å²) in [5.41, 5.74) is 1.27. The first-order chi connectivity index (χ1) is 7.77. The molecule has 0 heteroatoms. The molecule has 17 heavy (non-hydrogen) atoms. The van der Waals surface area contributed by atoms with Gasteiger partial charge in [0.05, 0.1) is 0 Å².